The molecular weight excluding hydrogens is 200 g/mol. The molecule has 1 atom stereocenters. The summed E-state index contributed by atoms with van der Waals surface area (Å²) in [6, 6.07) is 1.92. The summed E-state index contributed by atoms with van der Waals surface area (Å²) >= 11 is 5.96. The van der Waals surface area contributed by atoms with Crippen LogP contribution in [0.3, 0.4) is 0 Å². The molecule has 0 bridgehead atoms. The third kappa shape index (κ3) is 1.83. The lowest BCUT2D eigenvalue weighted by molar-refractivity contribution is 0.397. The van der Waals surface area contributed by atoms with Gasteiger partial charge in [0.1, 0.15) is 5.02 Å². The number of nitrogens with two attached hydrogens (primary N) is 1. The summed E-state index contributed by atoms with van der Waals surface area (Å²) in [4.78, 5) is 4.09. The van der Waals surface area contributed by atoms with Gasteiger partial charge in [-0.05, 0) is 30.4 Å². The van der Waals surface area contributed by atoms with Gasteiger partial charge in [0.25, 0.3) is 0 Å². The molecule has 1 aliphatic carbocycles. The molecule has 14 heavy (non-hydrogen) atoms. The fourth-order valence-corrected chi connectivity index (χ4v) is 1.75. The fourth-order valence-electron chi connectivity index (χ4n) is 1.50. The highest BCUT2D eigenvalue weighted by Crippen LogP contribution is 2.40. The lowest BCUT2D eigenvalue weighted by Crippen LogP contribution is -2.12. The van der Waals surface area contributed by atoms with Crippen LogP contribution in [0, 0.1) is 5.92 Å². The SMILES string of the molecule is COc1ncc([C@H](N)C2CC2)cc1Cl. The minimum atomic E-state index is 0.0749. The average Bonchev–Trinajstić information content (AvgIpc) is 3.00. The molecule has 1 aromatic rings. The highest BCUT2D eigenvalue weighted by atomic mass is 35.5. The smallest absolute Gasteiger partial charge is 0.232 e. The summed E-state index contributed by atoms with van der Waals surface area (Å²) in [5.74, 6) is 1.07. The first-order valence-electron chi connectivity index (χ1n) is 4.67. The van der Waals surface area contributed by atoms with Gasteiger partial charge in [-0.3, -0.25) is 0 Å². The van der Waals surface area contributed by atoms with Crippen molar-refractivity contribution in [1.29, 1.82) is 0 Å². The van der Waals surface area contributed by atoms with Crippen LogP contribution in [0.15, 0.2) is 12.3 Å². The van der Waals surface area contributed by atoms with Crippen LogP contribution in [0.2, 0.25) is 5.02 Å². The van der Waals surface area contributed by atoms with E-state index in [2.05, 4.69) is 4.98 Å². The molecule has 2 rings (SSSR count). The first-order valence-corrected chi connectivity index (χ1v) is 5.05. The van der Waals surface area contributed by atoms with Crippen LogP contribution in [0.1, 0.15) is 24.4 Å². The van der Waals surface area contributed by atoms with Gasteiger partial charge < -0.3 is 10.5 Å². The van der Waals surface area contributed by atoms with E-state index in [9.17, 15) is 0 Å². The lowest BCUT2D eigenvalue weighted by atomic mass is 10.1. The van der Waals surface area contributed by atoms with Crippen molar-refractivity contribution in [1.82, 2.24) is 4.98 Å². The Morgan fingerprint density at radius 2 is 2.36 bits per heavy atom. The summed E-state index contributed by atoms with van der Waals surface area (Å²) in [5.41, 5.74) is 7.02. The predicted molar refractivity (Wildman–Crippen MR) is 55.5 cm³/mol. The largest absolute Gasteiger partial charge is 0.480 e. The highest BCUT2D eigenvalue weighted by Gasteiger charge is 2.29. The fraction of sp³-hybridized carbons (Fsp3) is 0.500. The summed E-state index contributed by atoms with van der Waals surface area (Å²) in [6.07, 6.45) is 4.17. The Morgan fingerprint density at radius 1 is 1.64 bits per heavy atom. The Labute approximate surface area is 88.2 Å². The zero-order valence-corrected chi connectivity index (χ0v) is 8.79. The van der Waals surface area contributed by atoms with Gasteiger partial charge in [0.15, 0.2) is 0 Å². The van der Waals surface area contributed by atoms with Gasteiger partial charge in [-0.15, -0.1) is 0 Å². The number of hydrogen-bond donors (Lipinski definition) is 1. The monoisotopic (exact) mass is 212 g/mol. The Bertz CT molecular complexity index is 339. The van der Waals surface area contributed by atoms with Gasteiger partial charge in [-0.1, -0.05) is 11.6 Å². The number of nitrogens with zero attached hydrogens (tertiary/aromatic N) is 1. The molecule has 0 unspecified atom stereocenters. The predicted octanol–water partition coefficient (Wildman–Crippen LogP) is 2.15. The van der Waals surface area contributed by atoms with Crippen molar-refractivity contribution in [3.05, 3.63) is 22.8 Å². The van der Waals surface area contributed by atoms with E-state index in [0.717, 1.165) is 5.56 Å². The van der Waals surface area contributed by atoms with Crippen molar-refractivity contribution in [3.8, 4) is 5.88 Å². The van der Waals surface area contributed by atoms with Crippen LogP contribution in [-0.2, 0) is 0 Å². The molecule has 0 spiro atoms. The quantitative estimate of drug-likeness (QED) is 0.835. The molecule has 1 aromatic heterocycles. The minimum Gasteiger partial charge on any atom is -0.480 e. The second-order valence-electron chi connectivity index (χ2n) is 3.62. The van der Waals surface area contributed by atoms with E-state index < -0.39 is 0 Å². The third-order valence-corrected chi connectivity index (χ3v) is 2.81. The summed E-state index contributed by atoms with van der Waals surface area (Å²) < 4.78 is 4.97. The van der Waals surface area contributed by atoms with Crippen molar-refractivity contribution in [2.24, 2.45) is 11.7 Å². The van der Waals surface area contributed by atoms with Crippen molar-refractivity contribution in [3.63, 3.8) is 0 Å². The van der Waals surface area contributed by atoms with Gasteiger partial charge in [-0.2, -0.15) is 0 Å². The van der Waals surface area contributed by atoms with Crippen LogP contribution in [0.5, 0.6) is 5.88 Å². The lowest BCUT2D eigenvalue weighted by Gasteiger charge is -2.11. The van der Waals surface area contributed by atoms with Crippen molar-refractivity contribution in [2.45, 2.75) is 18.9 Å². The van der Waals surface area contributed by atoms with Gasteiger partial charge in [0.2, 0.25) is 5.88 Å². The van der Waals surface area contributed by atoms with Gasteiger partial charge >= 0.3 is 0 Å². The average molecular weight is 213 g/mol. The minimum absolute atomic E-state index is 0.0749. The zero-order valence-electron chi connectivity index (χ0n) is 8.03. The van der Waals surface area contributed by atoms with Crippen molar-refractivity contribution >= 4 is 11.6 Å². The summed E-state index contributed by atoms with van der Waals surface area (Å²) in [5, 5.41) is 0.529. The first kappa shape index (κ1) is 9.74. The zero-order chi connectivity index (χ0) is 10.1. The summed E-state index contributed by atoms with van der Waals surface area (Å²) in [6.45, 7) is 0. The Morgan fingerprint density at radius 3 is 2.86 bits per heavy atom. The Hall–Kier alpha value is -0.800. The van der Waals surface area contributed by atoms with Gasteiger partial charge in [0.05, 0.1) is 7.11 Å². The molecule has 4 heteroatoms. The van der Waals surface area contributed by atoms with Crippen molar-refractivity contribution in [2.75, 3.05) is 7.11 Å². The van der Waals surface area contributed by atoms with E-state index >= 15 is 0 Å². The second-order valence-corrected chi connectivity index (χ2v) is 4.03. The normalized spacial score (nSPS) is 17.9. The maximum Gasteiger partial charge on any atom is 0.232 e. The number of ether oxygens (including phenoxy) is 1. The molecule has 1 aliphatic rings. The van der Waals surface area contributed by atoms with Gasteiger partial charge in [-0.25, -0.2) is 4.98 Å². The summed E-state index contributed by atoms with van der Waals surface area (Å²) in [7, 11) is 1.55. The number of pyridine rings is 1. The van der Waals surface area contributed by atoms with E-state index in [0.29, 0.717) is 16.8 Å². The molecule has 1 heterocycles. The molecule has 0 aromatic carbocycles. The van der Waals surface area contributed by atoms with E-state index in [1.165, 1.54) is 12.8 Å². The van der Waals surface area contributed by atoms with E-state index in [-0.39, 0.29) is 6.04 Å². The maximum absolute atomic E-state index is 6.02. The topological polar surface area (TPSA) is 48.1 Å². The van der Waals surface area contributed by atoms with Crippen LogP contribution < -0.4 is 10.5 Å². The Kier molecular flexibility index (Phi) is 2.61. The van der Waals surface area contributed by atoms with E-state index in [1.807, 2.05) is 6.07 Å². The molecule has 0 aliphatic heterocycles. The number of halogens is 1. The van der Waals surface area contributed by atoms with Gasteiger partial charge in [0, 0.05) is 12.2 Å². The number of rotatable bonds is 3. The van der Waals surface area contributed by atoms with Crippen LogP contribution in [0.25, 0.3) is 0 Å². The second kappa shape index (κ2) is 3.75. The molecular formula is C10H13ClN2O. The molecule has 76 valence electrons. The molecule has 0 saturated heterocycles. The number of aromatic nitrogens is 1. The van der Waals surface area contributed by atoms with Crippen LogP contribution in [-0.4, -0.2) is 12.1 Å². The molecule has 0 radical (unpaired) electrons. The molecule has 2 N–H and O–H groups in total. The van der Waals surface area contributed by atoms with E-state index in [1.54, 1.807) is 13.3 Å². The standard InChI is InChI=1S/C10H13ClN2O/c1-14-10-8(11)4-7(5-13-10)9(12)6-2-3-6/h4-6,9H,2-3,12H2,1H3/t9-/m1/s1. The molecule has 3 nitrogen and oxygen atoms in total. The number of methoxy groups -OCH3 is 1. The molecule has 0 amide bonds. The van der Waals surface area contributed by atoms with Crippen LogP contribution >= 0.6 is 11.6 Å². The first-order chi connectivity index (χ1) is 6.72. The third-order valence-electron chi connectivity index (χ3n) is 2.54. The number of hydrogen-bond acceptors (Lipinski definition) is 3. The Balaban J connectivity index is 2.22. The molecule has 1 fully saturated rings. The highest BCUT2D eigenvalue weighted by molar-refractivity contribution is 6.31. The van der Waals surface area contributed by atoms with Crippen LogP contribution in [0.4, 0.5) is 0 Å². The van der Waals surface area contributed by atoms with E-state index in [4.69, 9.17) is 22.1 Å². The van der Waals surface area contributed by atoms with Crippen molar-refractivity contribution < 1.29 is 4.74 Å². The molecule has 1 saturated carbocycles. The maximum atomic E-state index is 6.02.